The molecule has 0 bridgehead atoms. The zero-order valence-electron chi connectivity index (χ0n) is 9.01. The molecule has 0 spiro atoms. The van der Waals surface area contributed by atoms with Crippen molar-refractivity contribution >= 4 is 5.97 Å². The van der Waals surface area contributed by atoms with Crippen LogP contribution in [-0.2, 0) is 4.79 Å². The molecule has 1 rings (SSSR count). The fourth-order valence-corrected chi connectivity index (χ4v) is 1.75. The Labute approximate surface area is 86.0 Å². The first-order chi connectivity index (χ1) is 6.75. The number of carboxylic acid groups (broad SMARTS) is 1. The van der Waals surface area contributed by atoms with Crippen molar-refractivity contribution in [3.63, 3.8) is 0 Å². The molecule has 0 heterocycles. The van der Waals surface area contributed by atoms with Gasteiger partial charge in [-0.25, -0.2) is 4.79 Å². The third kappa shape index (κ3) is 3.95. The fraction of sp³-hybridized carbons (Fsp3) is 0.750. The molecule has 0 aromatic rings. The molecule has 2 heteroatoms. The highest BCUT2D eigenvalue weighted by atomic mass is 16.4. The Morgan fingerprint density at radius 2 is 1.86 bits per heavy atom. The van der Waals surface area contributed by atoms with Crippen LogP contribution in [0.3, 0.4) is 0 Å². The molecular weight excluding hydrogens is 176 g/mol. The summed E-state index contributed by atoms with van der Waals surface area (Å²) in [5, 5.41) is 8.64. The molecule has 0 fully saturated rings. The van der Waals surface area contributed by atoms with Crippen LogP contribution in [0.15, 0.2) is 11.1 Å². The van der Waals surface area contributed by atoms with E-state index in [1.165, 1.54) is 44.1 Å². The molecule has 0 unspecified atom stereocenters. The third-order valence-corrected chi connectivity index (χ3v) is 2.78. The highest BCUT2D eigenvalue weighted by Crippen LogP contribution is 2.35. The molecule has 0 aromatic carbocycles. The summed E-state index contributed by atoms with van der Waals surface area (Å²) < 4.78 is 0. The lowest BCUT2D eigenvalue weighted by Crippen LogP contribution is -1.88. The standard InChI is InChI=1S/C12H20O2/c1-2-3-4-5-6-7-8-10-9-11(10)12(13)14/h2-9H2,1H3,(H,13,14). The van der Waals surface area contributed by atoms with Crippen molar-refractivity contribution in [3.05, 3.63) is 11.1 Å². The minimum atomic E-state index is -0.703. The van der Waals surface area contributed by atoms with E-state index in [1.807, 2.05) is 0 Å². The van der Waals surface area contributed by atoms with Gasteiger partial charge in [-0.2, -0.15) is 0 Å². The number of unbranched alkanes of at least 4 members (excludes halogenated alkanes) is 5. The number of carboxylic acids is 1. The lowest BCUT2D eigenvalue weighted by molar-refractivity contribution is -0.132. The molecule has 1 N–H and O–H groups in total. The Morgan fingerprint density at radius 3 is 2.43 bits per heavy atom. The minimum Gasteiger partial charge on any atom is -0.478 e. The molecule has 0 aromatic heterocycles. The van der Waals surface area contributed by atoms with Gasteiger partial charge in [0.1, 0.15) is 0 Å². The van der Waals surface area contributed by atoms with Crippen LogP contribution in [0.25, 0.3) is 0 Å². The largest absolute Gasteiger partial charge is 0.478 e. The first kappa shape index (κ1) is 11.3. The van der Waals surface area contributed by atoms with E-state index < -0.39 is 5.97 Å². The van der Waals surface area contributed by atoms with Crippen molar-refractivity contribution in [2.24, 2.45) is 0 Å². The van der Waals surface area contributed by atoms with E-state index in [1.54, 1.807) is 0 Å². The van der Waals surface area contributed by atoms with Crippen molar-refractivity contribution in [1.82, 2.24) is 0 Å². The predicted octanol–water partition coefficient (Wildman–Crippen LogP) is 3.52. The van der Waals surface area contributed by atoms with E-state index in [0.717, 1.165) is 12.8 Å². The Kier molecular flexibility index (Phi) is 4.71. The summed E-state index contributed by atoms with van der Waals surface area (Å²) in [6.07, 6.45) is 9.49. The van der Waals surface area contributed by atoms with E-state index in [0.29, 0.717) is 5.57 Å². The summed E-state index contributed by atoms with van der Waals surface area (Å²) in [6, 6.07) is 0. The van der Waals surface area contributed by atoms with E-state index in [9.17, 15) is 4.79 Å². The second-order valence-electron chi connectivity index (χ2n) is 4.08. The van der Waals surface area contributed by atoms with E-state index in [4.69, 9.17) is 5.11 Å². The smallest absolute Gasteiger partial charge is 0.331 e. The molecular formula is C12H20O2. The van der Waals surface area contributed by atoms with Gasteiger partial charge in [0.2, 0.25) is 0 Å². The summed E-state index contributed by atoms with van der Waals surface area (Å²) in [7, 11) is 0. The van der Waals surface area contributed by atoms with Gasteiger partial charge in [-0.15, -0.1) is 0 Å². The zero-order valence-corrected chi connectivity index (χ0v) is 9.01. The van der Waals surface area contributed by atoms with Crippen LogP contribution in [0, 0.1) is 0 Å². The van der Waals surface area contributed by atoms with Crippen LogP contribution in [0.2, 0.25) is 0 Å². The SMILES string of the molecule is CCCCCCCCC1=C(C(=O)O)C1. The van der Waals surface area contributed by atoms with Gasteiger partial charge in [0, 0.05) is 12.0 Å². The Hall–Kier alpha value is -0.790. The van der Waals surface area contributed by atoms with Crippen LogP contribution in [0.4, 0.5) is 0 Å². The summed E-state index contributed by atoms with van der Waals surface area (Å²) in [6.45, 7) is 2.22. The maximum Gasteiger partial charge on any atom is 0.331 e. The van der Waals surface area contributed by atoms with Crippen LogP contribution in [0.1, 0.15) is 58.3 Å². The molecule has 80 valence electrons. The lowest BCUT2D eigenvalue weighted by Gasteiger charge is -1.97. The van der Waals surface area contributed by atoms with E-state index in [2.05, 4.69) is 6.92 Å². The van der Waals surface area contributed by atoms with E-state index >= 15 is 0 Å². The number of rotatable bonds is 8. The zero-order chi connectivity index (χ0) is 10.4. The summed E-state index contributed by atoms with van der Waals surface area (Å²) in [5.74, 6) is -0.703. The Bertz CT molecular complexity index is 228. The number of aliphatic carboxylic acids is 1. The Morgan fingerprint density at radius 1 is 1.21 bits per heavy atom. The molecule has 2 nitrogen and oxygen atoms in total. The molecule has 0 saturated heterocycles. The fourth-order valence-electron chi connectivity index (χ4n) is 1.75. The van der Waals surface area contributed by atoms with Crippen LogP contribution < -0.4 is 0 Å². The van der Waals surface area contributed by atoms with Crippen molar-refractivity contribution in [2.75, 3.05) is 0 Å². The van der Waals surface area contributed by atoms with Gasteiger partial charge < -0.3 is 5.11 Å². The summed E-state index contributed by atoms with van der Waals surface area (Å²) in [5.41, 5.74) is 1.87. The minimum absolute atomic E-state index is 0.679. The molecule has 1 aliphatic rings. The second-order valence-corrected chi connectivity index (χ2v) is 4.08. The lowest BCUT2D eigenvalue weighted by atomic mass is 10.1. The van der Waals surface area contributed by atoms with Gasteiger partial charge in [0.25, 0.3) is 0 Å². The van der Waals surface area contributed by atoms with Crippen molar-refractivity contribution in [1.29, 1.82) is 0 Å². The quantitative estimate of drug-likeness (QED) is 0.603. The van der Waals surface area contributed by atoms with Crippen molar-refractivity contribution in [2.45, 2.75) is 58.3 Å². The predicted molar refractivity (Wildman–Crippen MR) is 57.3 cm³/mol. The van der Waals surface area contributed by atoms with Crippen LogP contribution in [-0.4, -0.2) is 11.1 Å². The van der Waals surface area contributed by atoms with Gasteiger partial charge in [-0.05, 0) is 12.8 Å². The van der Waals surface area contributed by atoms with Crippen LogP contribution >= 0.6 is 0 Å². The maximum atomic E-state index is 10.5. The van der Waals surface area contributed by atoms with Crippen molar-refractivity contribution in [3.8, 4) is 0 Å². The highest BCUT2D eigenvalue weighted by Gasteiger charge is 2.26. The molecule has 0 radical (unpaired) electrons. The average Bonchev–Trinajstić information content (AvgIpc) is 2.90. The number of hydrogen-bond donors (Lipinski definition) is 1. The maximum absolute atomic E-state index is 10.5. The Balaban J connectivity index is 1.93. The second kappa shape index (κ2) is 5.84. The number of carbonyl (C=O) groups is 1. The monoisotopic (exact) mass is 196 g/mol. The van der Waals surface area contributed by atoms with Gasteiger partial charge in [-0.1, -0.05) is 44.6 Å². The number of allylic oxidation sites excluding steroid dienone is 1. The van der Waals surface area contributed by atoms with Gasteiger partial charge in [0.05, 0.1) is 0 Å². The molecule has 1 aliphatic carbocycles. The van der Waals surface area contributed by atoms with Gasteiger partial charge in [0.15, 0.2) is 0 Å². The average molecular weight is 196 g/mol. The molecule has 0 amide bonds. The van der Waals surface area contributed by atoms with E-state index in [-0.39, 0.29) is 0 Å². The molecule has 0 saturated carbocycles. The van der Waals surface area contributed by atoms with Crippen LogP contribution in [0.5, 0.6) is 0 Å². The van der Waals surface area contributed by atoms with Crippen molar-refractivity contribution < 1.29 is 9.90 Å². The first-order valence-electron chi connectivity index (χ1n) is 5.70. The first-order valence-corrected chi connectivity index (χ1v) is 5.70. The molecule has 0 atom stereocenters. The number of hydrogen-bond acceptors (Lipinski definition) is 1. The van der Waals surface area contributed by atoms with Gasteiger partial charge in [-0.3, -0.25) is 0 Å². The topological polar surface area (TPSA) is 37.3 Å². The highest BCUT2D eigenvalue weighted by molar-refractivity contribution is 5.93. The molecule has 0 aliphatic heterocycles. The normalized spacial score (nSPS) is 14.6. The van der Waals surface area contributed by atoms with Gasteiger partial charge >= 0.3 is 5.97 Å². The molecule has 14 heavy (non-hydrogen) atoms. The third-order valence-electron chi connectivity index (χ3n) is 2.78. The summed E-state index contributed by atoms with van der Waals surface area (Å²) in [4.78, 5) is 10.5. The summed E-state index contributed by atoms with van der Waals surface area (Å²) >= 11 is 0.